The van der Waals surface area contributed by atoms with Crippen LogP contribution in [-0.2, 0) is 0 Å². The van der Waals surface area contributed by atoms with Gasteiger partial charge in [-0.25, -0.2) is 0 Å². The normalized spacial score (nSPS) is 10.3. The maximum absolute atomic E-state index is 9.33. The molecule has 102 valence electrons. The third-order valence-electron chi connectivity index (χ3n) is 3.11. The molecule has 0 aliphatic rings. The van der Waals surface area contributed by atoms with Gasteiger partial charge in [-0.05, 0) is 24.3 Å². The molecular weight excluding hydrogens is 280 g/mol. The number of hydrogen-bond donors (Lipinski definition) is 0. The molecule has 0 atom stereocenters. The Morgan fingerprint density at radius 3 is 2.81 bits per heavy atom. The minimum atomic E-state index is 0.585. The topological polar surface area (TPSA) is 45.9 Å². The van der Waals surface area contributed by atoms with Crippen molar-refractivity contribution in [3.05, 3.63) is 60.3 Å². The van der Waals surface area contributed by atoms with Crippen LogP contribution in [0.25, 0.3) is 10.9 Å². The van der Waals surface area contributed by atoms with E-state index in [1.54, 1.807) is 25.1 Å². The summed E-state index contributed by atoms with van der Waals surface area (Å²) >= 11 is 1.56. The molecule has 0 N–H and O–H groups in total. The number of rotatable bonds is 3. The van der Waals surface area contributed by atoms with Crippen molar-refractivity contribution in [2.24, 2.45) is 0 Å². The first-order chi connectivity index (χ1) is 10.3. The monoisotopic (exact) mass is 292 g/mol. The van der Waals surface area contributed by atoms with E-state index in [0.29, 0.717) is 5.56 Å². The van der Waals surface area contributed by atoms with Crippen molar-refractivity contribution >= 4 is 22.7 Å². The fourth-order valence-electron chi connectivity index (χ4n) is 2.09. The average molecular weight is 292 g/mol. The number of pyridine rings is 1. The largest absolute Gasteiger partial charge is 0.497 e. The summed E-state index contributed by atoms with van der Waals surface area (Å²) in [6.45, 7) is 0. The van der Waals surface area contributed by atoms with Crippen molar-refractivity contribution in [3.8, 4) is 11.8 Å². The van der Waals surface area contributed by atoms with Crippen LogP contribution < -0.4 is 4.74 Å². The number of hydrogen-bond acceptors (Lipinski definition) is 4. The zero-order valence-corrected chi connectivity index (χ0v) is 12.2. The zero-order valence-electron chi connectivity index (χ0n) is 11.4. The molecule has 1 aromatic heterocycles. The second-order valence-electron chi connectivity index (χ2n) is 4.41. The van der Waals surface area contributed by atoms with Crippen LogP contribution in [0.3, 0.4) is 0 Å². The van der Waals surface area contributed by atoms with Crippen molar-refractivity contribution in [2.75, 3.05) is 7.11 Å². The van der Waals surface area contributed by atoms with E-state index in [-0.39, 0.29) is 0 Å². The number of nitriles is 1. The van der Waals surface area contributed by atoms with Crippen LogP contribution in [0.1, 0.15) is 5.56 Å². The summed E-state index contributed by atoms with van der Waals surface area (Å²) in [7, 11) is 1.65. The second kappa shape index (κ2) is 5.86. The van der Waals surface area contributed by atoms with Crippen molar-refractivity contribution in [1.29, 1.82) is 5.26 Å². The van der Waals surface area contributed by atoms with E-state index in [1.807, 2.05) is 48.5 Å². The number of fused-ring (bicyclic) bond motifs is 1. The first kappa shape index (κ1) is 13.5. The van der Waals surface area contributed by atoms with Crippen LogP contribution in [0.15, 0.2) is 64.5 Å². The molecule has 2 aromatic carbocycles. The molecule has 0 fully saturated rings. The Labute approximate surface area is 127 Å². The Bertz CT molecular complexity index is 840. The molecule has 3 nitrogen and oxygen atoms in total. The zero-order chi connectivity index (χ0) is 14.7. The summed E-state index contributed by atoms with van der Waals surface area (Å²) in [5.74, 6) is 0.803. The van der Waals surface area contributed by atoms with Crippen LogP contribution in [0.5, 0.6) is 5.75 Å². The van der Waals surface area contributed by atoms with Crippen molar-refractivity contribution in [1.82, 2.24) is 4.98 Å². The van der Waals surface area contributed by atoms with Gasteiger partial charge in [0, 0.05) is 21.4 Å². The predicted molar refractivity (Wildman–Crippen MR) is 83.6 cm³/mol. The number of nitrogens with zero attached hydrogens (tertiary/aromatic N) is 2. The highest BCUT2D eigenvalue weighted by atomic mass is 32.2. The van der Waals surface area contributed by atoms with Crippen LogP contribution >= 0.6 is 11.8 Å². The Hall–Kier alpha value is -2.51. The SMILES string of the molecule is COc1cccc(Sc2c(C#N)cnc3ccccc23)c1. The molecule has 0 radical (unpaired) electrons. The maximum atomic E-state index is 9.33. The van der Waals surface area contributed by atoms with E-state index in [9.17, 15) is 5.26 Å². The highest BCUT2D eigenvalue weighted by molar-refractivity contribution is 7.99. The molecule has 0 saturated carbocycles. The molecule has 3 rings (SSSR count). The summed E-state index contributed by atoms with van der Waals surface area (Å²) in [5, 5.41) is 10.3. The lowest BCUT2D eigenvalue weighted by Crippen LogP contribution is -1.88. The highest BCUT2D eigenvalue weighted by Gasteiger charge is 2.10. The van der Waals surface area contributed by atoms with E-state index in [1.165, 1.54) is 0 Å². The van der Waals surface area contributed by atoms with E-state index in [2.05, 4.69) is 11.1 Å². The van der Waals surface area contributed by atoms with Gasteiger partial charge >= 0.3 is 0 Å². The molecule has 0 aliphatic heterocycles. The van der Waals surface area contributed by atoms with E-state index < -0.39 is 0 Å². The number of aromatic nitrogens is 1. The van der Waals surface area contributed by atoms with Crippen LogP contribution in [0.4, 0.5) is 0 Å². The highest BCUT2D eigenvalue weighted by Crippen LogP contribution is 2.36. The standard InChI is InChI=1S/C17H12N2OS/c1-20-13-5-4-6-14(9-13)21-17-12(10-18)11-19-16-8-3-2-7-15(16)17/h2-9,11H,1H3. The van der Waals surface area contributed by atoms with Gasteiger partial charge in [-0.3, -0.25) is 4.98 Å². The van der Waals surface area contributed by atoms with Gasteiger partial charge in [0.25, 0.3) is 0 Å². The maximum Gasteiger partial charge on any atom is 0.119 e. The van der Waals surface area contributed by atoms with Gasteiger partial charge in [0.05, 0.1) is 18.2 Å². The predicted octanol–water partition coefficient (Wildman–Crippen LogP) is 4.27. The fourth-order valence-corrected chi connectivity index (χ4v) is 3.14. The number of methoxy groups -OCH3 is 1. The Morgan fingerprint density at radius 1 is 1.14 bits per heavy atom. The lowest BCUT2D eigenvalue weighted by molar-refractivity contribution is 0.413. The fraction of sp³-hybridized carbons (Fsp3) is 0.0588. The molecule has 0 unspecified atom stereocenters. The van der Waals surface area contributed by atoms with Crippen molar-refractivity contribution in [2.45, 2.75) is 9.79 Å². The first-order valence-electron chi connectivity index (χ1n) is 6.41. The van der Waals surface area contributed by atoms with Crippen LogP contribution in [-0.4, -0.2) is 12.1 Å². The summed E-state index contributed by atoms with van der Waals surface area (Å²) in [6.07, 6.45) is 1.63. The Morgan fingerprint density at radius 2 is 2.00 bits per heavy atom. The molecule has 0 saturated heterocycles. The van der Waals surface area contributed by atoms with Crippen molar-refractivity contribution in [3.63, 3.8) is 0 Å². The average Bonchev–Trinajstić information content (AvgIpc) is 2.55. The third kappa shape index (κ3) is 2.69. The Balaban J connectivity index is 2.12. The minimum absolute atomic E-state index is 0.585. The number of para-hydroxylation sites is 1. The molecule has 0 amide bonds. The number of benzene rings is 2. The van der Waals surface area contributed by atoms with Gasteiger partial charge in [-0.2, -0.15) is 5.26 Å². The third-order valence-corrected chi connectivity index (χ3v) is 4.24. The van der Waals surface area contributed by atoms with Gasteiger partial charge < -0.3 is 4.74 Å². The quantitative estimate of drug-likeness (QED) is 0.723. The molecule has 0 bridgehead atoms. The van der Waals surface area contributed by atoms with Crippen molar-refractivity contribution < 1.29 is 4.74 Å². The summed E-state index contributed by atoms with van der Waals surface area (Å²) < 4.78 is 5.25. The molecule has 0 aliphatic carbocycles. The molecule has 21 heavy (non-hydrogen) atoms. The molecule has 1 heterocycles. The number of ether oxygens (including phenoxy) is 1. The molecule has 4 heteroatoms. The molecule has 0 spiro atoms. The van der Waals surface area contributed by atoms with Gasteiger partial charge in [-0.15, -0.1) is 0 Å². The van der Waals surface area contributed by atoms with Gasteiger partial charge in [0.1, 0.15) is 11.8 Å². The molecular formula is C17H12N2OS. The molecule has 3 aromatic rings. The van der Waals surface area contributed by atoms with Gasteiger partial charge in [0.2, 0.25) is 0 Å². The van der Waals surface area contributed by atoms with Crippen LogP contribution in [0.2, 0.25) is 0 Å². The minimum Gasteiger partial charge on any atom is -0.497 e. The first-order valence-corrected chi connectivity index (χ1v) is 7.23. The Kier molecular flexibility index (Phi) is 3.76. The van der Waals surface area contributed by atoms with E-state index >= 15 is 0 Å². The lowest BCUT2D eigenvalue weighted by Gasteiger charge is -2.09. The summed E-state index contributed by atoms with van der Waals surface area (Å²) in [5.41, 5.74) is 1.48. The van der Waals surface area contributed by atoms with Gasteiger partial charge in [-0.1, -0.05) is 36.0 Å². The van der Waals surface area contributed by atoms with E-state index in [4.69, 9.17) is 4.74 Å². The smallest absolute Gasteiger partial charge is 0.119 e. The van der Waals surface area contributed by atoms with Crippen LogP contribution in [0, 0.1) is 11.3 Å². The second-order valence-corrected chi connectivity index (χ2v) is 5.49. The lowest BCUT2D eigenvalue weighted by atomic mass is 10.2. The summed E-state index contributed by atoms with van der Waals surface area (Å²) in [6, 6.07) is 17.9. The van der Waals surface area contributed by atoms with Gasteiger partial charge in [0.15, 0.2) is 0 Å². The van der Waals surface area contributed by atoms with E-state index in [0.717, 1.165) is 26.4 Å². The summed E-state index contributed by atoms with van der Waals surface area (Å²) in [4.78, 5) is 6.28.